The molecule has 15 heavy (non-hydrogen) atoms. The van der Waals surface area contributed by atoms with Gasteiger partial charge in [-0.25, -0.2) is 8.42 Å². The Morgan fingerprint density at radius 1 is 1.60 bits per heavy atom. The molecule has 1 unspecified atom stereocenters. The monoisotopic (exact) mass is 248 g/mol. The van der Waals surface area contributed by atoms with Gasteiger partial charge in [-0.3, -0.25) is 4.79 Å². The molecule has 0 amide bonds. The number of thiophene rings is 1. The molecule has 0 bridgehead atoms. The smallest absolute Gasteiger partial charge is 0.306 e. The number of carbonyl (C=O) groups is 1. The summed E-state index contributed by atoms with van der Waals surface area (Å²) in [6, 6.07) is 3.20. The molecule has 0 saturated carbocycles. The lowest BCUT2D eigenvalue weighted by Crippen LogP contribution is -2.21. The van der Waals surface area contributed by atoms with Crippen LogP contribution in [0.25, 0.3) is 0 Å². The molecule has 0 aliphatic carbocycles. The molecule has 0 aliphatic heterocycles. The maximum absolute atomic E-state index is 11.8. The normalized spacial score (nSPS) is 13.5. The Morgan fingerprint density at radius 2 is 2.27 bits per heavy atom. The van der Waals surface area contributed by atoms with Gasteiger partial charge in [0.15, 0.2) is 9.84 Å². The van der Waals surface area contributed by atoms with E-state index >= 15 is 0 Å². The lowest BCUT2D eigenvalue weighted by Gasteiger charge is -2.09. The van der Waals surface area contributed by atoms with Gasteiger partial charge < -0.3 is 4.74 Å². The first-order chi connectivity index (χ1) is 6.98. The Kier molecular flexibility index (Phi) is 3.87. The molecular weight excluding hydrogens is 236 g/mol. The highest BCUT2D eigenvalue weighted by Crippen LogP contribution is 2.22. The molecule has 1 aromatic rings. The third-order valence-corrected chi connectivity index (χ3v) is 5.56. The van der Waals surface area contributed by atoms with Crippen LogP contribution in [-0.4, -0.2) is 26.7 Å². The SMILES string of the molecule is COC(=O)CC(C)S(=O)(=O)c1cccs1. The van der Waals surface area contributed by atoms with Crippen LogP contribution in [0.4, 0.5) is 0 Å². The van der Waals surface area contributed by atoms with E-state index in [-0.39, 0.29) is 6.42 Å². The van der Waals surface area contributed by atoms with Crippen LogP contribution in [0.15, 0.2) is 21.7 Å². The van der Waals surface area contributed by atoms with Crippen molar-refractivity contribution in [3.8, 4) is 0 Å². The number of esters is 1. The number of carbonyl (C=O) groups excluding carboxylic acids is 1. The van der Waals surface area contributed by atoms with Crippen LogP contribution < -0.4 is 0 Å². The van der Waals surface area contributed by atoms with Gasteiger partial charge in [0, 0.05) is 0 Å². The summed E-state index contributed by atoms with van der Waals surface area (Å²) in [5.41, 5.74) is 0. The average Bonchev–Trinajstić information content (AvgIpc) is 2.70. The predicted molar refractivity (Wildman–Crippen MR) is 57.6 cm³/mol. The maximum Gasteiger partial charge on any atom is 0.306 e. The lowest BCUT2D eigenvalue weighted by atomic mass is 10.3. The fourth-order valence-electron chi connectivity index (χ4n) is 1.05. The fourth-order valence-corrected chi connectivity index (χ4v) is 3.72. The molecule has 0 aliphatic rings. The fraction of sp³-hybridized carbons (Fsp3) is 0.444. The van der Waals surface area contributed by atoms with E-state index in [4.69, 9.17) is 0 Å². The van der Waals surface area contributed by atoms with Gasteiger partial charge >= 0.3 is 5.97 Å². The van der Waals surface area contributed by atoms with Crippen LogP contribution in [0.2, 0.25) is 0 Å². The van der Waals surface area contributed by atoms with Crippen molar-refractivity contribution in [2.24, 2.45) is 0 Å². The van der Waals surface area contributed by atoms with Crippen LogP contribution in [0, 0.1) is 0 Å². The molecule has 84 valence electrons. The van der Waals surface area contributed by atoms with E-state index in [1.165, 1.54) is 20.1 Å². The topological polar surface area (TPSA) is 60.4 Å². The van der Waals surface area contributed by atoms with Crippen molar-refractivity contribution in [3.05, 3.63) is 17.5 Å². The molecular formula is C9H12O4S2. The van der Waals surface area contributed by atoms with Gasteiger partial charge in [-0.1, -0.05) is 6.07 Å². The number of hydrogen-bond acceptors (Lipinski definition) is 5. The summed E-state index contributed by atoms with van der Waals surface area (Å²) in [6.45, 7) is 1.51. The van der Waals surface area contributed by atoms with Crippen molar-refractivity contribution < 1.29 is 17.9 Å². The molecule has 4 nitrogen and oxygen atoms in total. The third kappa shape index (κ3) is 2.79. The second-order valence-corrected chi connectivity index (χ2v) is 6.61. The second-order valence-electron chi connectivity index (χ2n) is 3.07. The van der Waals surface area contributed by atoms with Crippen molar-refractivity contribution in [2.75, 3.05) is 7.11 Å². The van der Waals surface area contributed by atoms with Crippen molar-refractivity contribution in [1.82, 2.24) is 0 Å². The van der Waals surface area contributed by atoms with E-state index in [2.05, 4.69) is 4.74 Å². The summed E-state index contributed by atoms with van der Waals surface area (Å²) in [5, 5.41) is 0.946. The Labute approximate surface area is 92.8 Å². The van der Waals surface area contributed by atoms with Gasteiger partial charge in [0.05, 0.1) is 18.8 Å². The zero-order chi connectivity index (χ0) is 11.5. The van der Waals surface area contributed by atoms with Gasteiger partial charge in [-0.05, 0) is 18.4 Å². The minimum atomic E-state index is -3.38. The van der Waals surface area contributed by atoms with Crippen LogP contribution in [0.5, 0.6) is 0 Å². The first-order valence-corrected chi connectivity index (χ1v) is 6.75. The molecule has 1 heterocycles. The molecule has 6 heteroatoms. The van der Waals surface area contributed by atoms with Crippen LogP contribution in [0.3, 0.4) is 0 Å². The summed E-state index contributed by atoms with van der Waals surface area (Å²) in [7, 11) is -2.14. The number of rotatable bonds is 4. The first-order valence-electron chi connectivity index (χ1n) is 4.32. The molecule has 1 aromatic heterocycles. The number of sulfone groups is 1. The predicted octanol–water partition coefficient (Wildman–Crippen LogP) is 1.47. The van der Waals surface area contributed by atoms with E-state index in [1.807, 2.05) is 0 Å². The second kappa shape index (κ2) is 4.76. The largest absolute Gasteiger partial charge is 0.469 e. The van der Waals surface area contributed by atoms with Crippen molar-refractivity contribution in [1.29, 1.82) is 0 Å². The summed E-state index contributed by atoms with van der Waals surface area (Å²) in [4.78, 5) is 11.0. The van der Waals surface area contributed by atoms with Crippen LogP contribution in [-0.2, 0) is 19.4 Å². The van der Waals surface area contributed by atoms with Gasteiger partial charge in [0.2, 0.25) is 0 Å². The summed E-state index contributed by atoms with van der Waals surface area (Å²) < 4.78 is 28.4. The van der Waals surface area contributed by atoms with Gasteiger partial charge in [0.1, 0.15) is 4.21 Å². The highest BCUT2D eigenvalue weighted by atomic mass is 32.2. The number of hydrogen-bond donors (Lipinski definition) is 0. The molecule has 1 rings (SSSR count). The minimum absolute atomic E-state index is 0.114. The lowest BCUT2D eigenvalue weighted by molar-refractivity contribution is -0.140. The molecule has 0 spiro atoms. The molecule has 0 aromatic carbocycles. The van der Waals surface area contributed by atoms with E-state index in [1.54, 1.807) is 11.4 Å². The first kappa shape index (κ1) is 12.2. The number of ether oxygens (including phenoxy) is 1. The minimum Gasteiger partial charge on any atom is -0.469 e. The van der Waals surface area contributed by atoms with Crippen molar-refractivity contribution in [3.63, 3.8) is 0 Å². The quantitative estimate of drug-likeness (QED) is 0.757. The standard InChI is InChI=1S/C9H12O4S2/c1-7(6-8(10)13-2)15(11,12)9-4-3-5-14-9/h3-5,7H,6H2,1-2H3. The Bertz CT molecular complexity index is 419. The summed E-state index contributed by atoms with van der Waals surface area (Å²) in [6.07, 6.45) is -0.114. The molecule has 1 atom stereocenters. The zero-order valence-corrected chi connectivity index (χ0v) is 10.1. The zero-order valence-electron chi connectivity index (χ0n) is 8.47. The molecule has 0 N–H and O–H groups in total. The van der Waals surface area contributed by atoms with Gasteiger partial charge in [-0.15, -0.1) is 11.3 Å². The van der Waals surface area contributed by atoms with Crippen molar-refractivity contribution in [2.45, 2.75) is 22.8 Å². The molecule has 0 saturated heterocycles. The third-order valence-electron chi connectivity index (χ3n) is 1.99. The molecule has 0 radical (unpaired) electrons. The Morgan fingerprint density at radius 3 is 2.73 bits per heavy atom. The molecule has 0 fully saturated rings. The van der Waals surface area contributed by atoms with Gasteiger partial charge in [0.25, 0.3) is 0 Å². The maximum atomic E-state index is 11.8. The summed E-state index contributed by atoms with van der Waals surface area (Å²) in [5.74, 6) is -0.511. The van der Waals surface area contributed by atoms with E-state index < -0.39 is 21.1 Å². The van der Waals surface area contributed by atoms with E-state index in [0.29, 0.717) is 4.21 Å². The average molecular weight is 248 g/mol. The van der Waals surface area contributed by atoms with E-state index in [9.17, 15) is 13.2 Å². The Balaban J connectivity index is 2.84. The van der Waals surface area contributed by atoms with E-state index in [0.717, 1.165) is 11.3 Å². The highest BCUT2D eigenvalue weighted by Gasteiger charge is 2.26. The number of methoxy groups -OCH3 is 1. The van der Waals surface area contributed by atoms with Crippen LogP contribution in [0.1, 0.15) is 13.3 Å². The summed E-state index contributed by atoms with van der Waals surface area (Å²) >= 11 is 1.15. The van der Waals surface area contributed by atoms with Crippen LogP contribution >= 0.6 is 11.3 Å². The Hall–Kier alpha value is -0.880. The van der Waals surface area contributed by atoms with Crippen molar-refractivity contribution >= 4 is 27.1 Å². The highest BCUT2D eigenvalue weighted by molar-refractivity contribution is 7.94. The van der Waals surface area contributed by atoms with Gasteiger partial charge in [-0.2, -0.15) is 0 Å².